The normalized spacial score (nSPS) is 5.40. The molecule has 1 rings (SSSR count). The number of hydrogen-bond donors (Lipinski definition) is 2. The van der Waals surface area contributed by atoms with Crippen molar-refractivity contribution < 1.29 is 10.6 Å². The van der Waals surface area contributed by atoms with E-state index in [0.29, 0.717) is 0 Å². The lowest BCUT2D eigenvalue weighted by Gasteiger charge is -1.69. The van der Waals surface area contributed by atoms with E-state index in [4.69, 9.17) is 5.11 Å². The molecule has 0 bridgehead atoms. The lowest BCUT2D eigenvalue weighted by molar-refractivity contribution is 0.399. The van der Waals surface area contributed by atoms with Crippen LogP contribution in [0.3, 0.4) is 0 Å². The summed E-state index contributed by atoms with van der Waals surface area (Å²) in [5, 5.41) is 7.00. The van der Waals surface area contributed by atoms with Gasteiger partial charge < -0.3 is 16.7 Å². The molecule has 0 saturated heterocycles. The van der Waals surface area contributed by atoms with Crippen LogP contribution in [0.2, 0.25) is 0 Å². The molecule has 0 aliphatic heterocycles. The highest BCUT2D eigenvalue weighted by Crippen LogP contribution is 1.79. The summed E-state index contributed by atoms with van der Waals surface area (Å²) < 4.78 is 0. The van der Waals surface area contributed by atoms with Gasteiger partial charge in [-0.2, -0.15) is 0 Å². The highest BCUT2D eigenvalue weighted by molar-refractivity contribution is 4.99. The van der Waals surface area contributed by atoms with Gasteiger partial charge in [-0.05, 0) is 0 Å². The van der Waals surface area contributed by atoms with Gasteiger partial charge in [-0.1, -0.05) is 36.4 Å². The fourth-order valence-electron chi connectivity index (χ4n) is 0.385. The molecule has 10 heavy (non-hydrogen) atoms. The first-order valence-electron chi connectivity index (χ1n) is 2.45. The Balaban J connectivity index is -0.000000114. The van der Waals surface area contributed by atoms with E-state index >= 15 is 0 Å². The van der Waals surface area contributed by atoms with E-state index in [1.54, 1.807) is 0 Å². The van der Waals surface area contributed by atoms with Crippen molar-refractivity contribution in [3.05, 3.63) is 36.4 Å². The lowest BCUT2D eigenvalue weighted by Crippen LogP contribution is -1.47. The zero-order valence-corrected chi connectivity index (χ0v) is 6.12. The molecule has 0 saturated carbocycles. The van der Waals surface area contributed by atoms with Gasteiger partial charge in [-0.3, -0.25) is 0 Å². The van der Waals surface area contributed by atoms with Crippen LogP contribution in [0.4, 0.5) is 0 Å². The van der Waals surface area contributed by atoms with Crippen LogP contribution in [0, 0.1) is 0 Å². The van der Waals surface area contributed by atoms with E-state index in [-0.39, 0.29) is 11.6 Å². The minimum atomic E-state index is 0. The molecule has 0 aromatic heterocycles. The fourth-order valence-corrected chi connectivity index (χ4v) is 0.385. The van der Waals surface area contributed by atoms with Crippen molar-refractivity contribution in [2.45, 2.75) is 0 Å². The molecule has 3 heteroatoms. The third-order valence-corrected chi connectivity index (χ3v) is 0.667. The smallest absolute Gasteiger partial charge is 0.0319 e. The second-order valence-corrected chi connectivity index (χ2v) is 1.15. The van der Waals surface area contributed by atoms with E-state index in [9.17, 15) is 0 Å². The van der Waals surface area contributed by atoms with Gasteiger partial charge in [0, 0.05) is 7.11 Å². The molecular weight excluding hydrogens is 130 g/mol. The topological polar surface area (TPSA) is 86.7 Å². The molecule has 0 radical (unpaired) electrons. The summed E-state index contributed by atoms with van der Waals surface area (Å²) in [6.07, 6.45) is 0. The largest absolute Gasteiger partial charge is 0.412 e. The third-order valence-electron chi connectivity index (χ3n) is 0.667. The minimum Gasteiger partial charge on any atom is -0.412 e. The summed E-state index contributed by atoms with van der Waals surface area (Å²) >= 11 is 0. The van der Waals surface area contributed by atoms with Crippen LogP contribution >= 0.6 is 0 Å². The summed E-state index contributed by atoms with van der Waals surface area (Å²) in [5.41, 5.74) is 0. The van der Waals surface area contributed by atoms with Gasteiger partial charge in [-0.25, -0.2) is 0 Å². The van der Waals surface area contributed by atoms with Crippen molar-refractivity contribution in [2.24, 2.45) is 0 Å². The zero-order chi connectivity index (χ0) is 6.24. The SMILES string of the molecule is CO.N.O.c1ccccc1. The van der Waals surface area contributed by atoms with E-state index in [0.717, 1.165) is 7.11 Å². The van der Waals surface area contributed by atoms with Crippen LogP contribution < -0.4 is 6.15 Å². The summed E-state index contributed by atoms with van der Waals surface area (Å²) in [7, 11) is 1.00. The van der Waals surface area contributed by atoms with Crippen LogP contribution in [-0.2, 0) is 0 Å². The quantitative estimate of drug-likeness (QED) is 0.561. The number of aliphatic hydroxyl groups is 1. The van der Waals surface area contributed by atoms with Crippen molar-refractivity contribution in [3.8, 4) is 0 Å². The molecule has 0 aliphatic carbocycles. The Bertz CT molecular complexity index is 83.5. The van der Waals surface area contributed by atoms with Crippen molar-refractivity contribution in [1.82, 2.24) is 6.15 Å². The van der Waals surface area contributed by atoms with Crippen molar-refractivity contribution in [3.63, 3.8) is 0 Å². The predicted molar refractivity (Wildman–Crippen MR) is 43.2 cm³/mol. The first-order chi connectivity index (χ1) is 4.00. The molecule has 0 unspecified atom stereocenters. The van der Waals surface area contributed by atoms with Crippen LogP contribution in [0.25, 0.3) is 0 Å². The van der Waals surface area contributed by atoms with Crippen molar-refractivity contribution >= 4 is 0 Å². The Morgan fingerprint density at radius 3 is 0.900 bits per heavy atom. The highest BCUT2D eigenvalue weighted by Gasteiger charge is 1.57. The van der Waals surface area contributed by atoms with E-state index in [1.807, 2.05) is 36.4 Å². The second-order valence-electron chi connectivity index (χ2n) is 1.15. The van der Waals surface area contributed by atoms with Crippen LogP contribution in [-0.4, -0.2) is 17.7 Å². The molecule has 0 heterocycles. The number of hydrogen-bond acceptors (Lipinski definition) is 2. The molecule has 0 spiro atoms. The minimum absolute atomic E-state index is 0. The van der Waals surface area contributed by atoms with Crippen LogP contribution in [0.1, 0.15) is 0 Å². The van der Waals surface area contributed by atoms with E-state index in [2.05, 4.69) is 0 Å². The van der Waals surface area contributed by atoms with Gasteiger partial charge in [-0.15, -0.1) is 0 Å². The van der Waals surface area contributed by atoms with E-state index in [1.165, 1.54) is 0 Å². The average molecular weight is 145 g/mol. The number of rotatable bonds is 0. The first-order valence-corrected chi connectivity index (χ1v) is 2.45. The highest BCUT2D eigenvalue weighted by atomic mass is 16.2. The van der Waals surface area contributed by atoms with Crippen molar-refractivity contribution in [2.75, 3.05) is 7.11 Å². The average Bonchev–Trinajstić information content (AvgIpc) is 1.96. The molecule has 60 valence electrons. The maximum atomic E-state index is 7.00. The Hall–Kier alpha value is -0.900. The maximum absolute atomic E-state index is 7.00. The van der Waals surface area contributed by atoms with Gasteiger partial charge in [0.25, 0.3) is 0 Å². The molecular formula is C7H15NO2. The number of benzene rings is 1. The Morgan fingerprint density at radius 1 is 0.700 bits per heavy atom. The van der Waals surface area contributed by atoms with Crippen molar-refractivity contribution in [1.29, 1.82) is 0 Å². The summed E-state index contributed by atoms with van der Waals surface area (Å²) in [6.45, 7) is 0. The second kappa shape index (κ2) is 15.7. The van der Waals surface area contributed by atoms with Crippen LogP contribution in [0.5, 0.6) is 0 Å². The zero-order valence-electron chi connectivity index (χ0n) is 6.12. The molecule has 0 fully saturated rings. The molecule has 0 amide bonds. The van der Waals surface area contributed by atoms with Crippen LogP contribution in [0.15, 0.2) is 36.4 Å². The molecule has 1 aromatic rings. The fraction of sp³-hybridized carbons (Fsp3) is 0.143. The molecule has 0 atom stereocenters. The first kappa shape index (κ1) is 16.0. The molecule has 3 nitrogen and oxygen atoms in total. The third kappa shape index (κ3) is 10.2. The lowest BCUT2D eigenvalue weighted by atomic mass is 10.4. The van der Waals surface area contributed by atoms with Gasteiger partial charge in [0.2, 0.25) is 0 Å². The molecule has 1 aromatic carbocycles. The molecule has 6 N–H and O–H groups in total. The molecule has 0 aliphatic rings. The monoisotopic (exact) mass is 145 g/mol. The van der Waals surface area contributed by atoms with Gasteiger partial charge >= 0.3 is 0 Å². The Morgan fingerprint density at radius 2 is 0.800 bits per heavy atom. The van der Waals surface area contributed by atoms with Gasteiger partial charge in [0.1, 0.15) is 0 Å². The summed E-state index contributed by atoms with van der Waals surface area (Å²) in [4.78, 5) is 0. The van der Waals surface area contributed by atoms with Gasteiger partial charge in [0.05, 0.1) is 0 Å². The summed E-state index contributed by atoms with van der Waals surface area (Å²) in [6, 6.07) is 12.0. The Kier molecular flexibility index (Phi) is 25.2. The summed E-state index contributed by atoms with van der Waals surface area (Å²) in [5.74, 6) is 0. The number of aliphatic hydroxyl groups excluding tert-OH is 1. The predicted octanol–water partition coefficient (Wildman–Crippen LogP) is 0.632. The maximum Gasteiger partial charge on any atom is 0.0319 e. The van der Waals surface area contributed by atoms with Gasteiger partial charge in [0.15, 0.2) is 0 Å². The standard InChI is InChI=1S/C6H6.CH4O.H3N.H2O/c1-2-4-6-5-3-1;1-2;;/h1-6H;2H,1H3;1H3;1H2. The van der Waals surface area contributed by atoms with E-state index < -0.39 is 0 Å². The Labute approximate surface area is 61.2 Å².